The van der Waals surface area contributed by atoms with Gasteiger partial charge in [0.15, 0.2) is 6.61 Å². The van der Waals surface area contributed by atoms with E-state index in [1.54, 1.807) is 51.3 Å². The van der Waals surface area contributed by atoms with Crippen molar-refractivity contribution in [1.82, 2.24) is 9.80 Å². The molecular weight excluding hydrogens is 1070 g/mol. The third kappa shape index (κ3) is 61.7. The average Bonchev–Trinajstić information content (AvgIpc) is 2.98. The summed E-state index contributed by atoms with van der Waals surface area (Å²) in [5.74, 6) is -2.60. The van der Waals surface area contributed by atoms with Gasteiger partial charge in [0.25, 0.3) is 12.4 Å². The van der Waals surface area contributed by atoms with Crippen LogP contribution in [0.4, 0.5) is 4.39 Å². The minimum absolute atomic E-state index is 0. The van der Waals surface area contributed by atoms with Crippen molar-refractivity contribution in [3.05, 3.63) is 0 Å². The molecule has 0 rings (SSSR count). The van der Waals surface area contributed by atoms with E-state index in [1.807, 2.05) is 27.7 Å². The topological polar surface area (TPSA) is 206 Å². The molecule has 51 heavy (non-hydrogen) atoms. The molecule has 0 saturated carbocycles. The zero-order valence-electron chi connectivity index (χ0n) is 33.7. The van der Waals surface area contributed by atoms with Crippen LogP contribution in [0.25, 0.3) is 0 Å². The Balaban J connectivity index is -0.0000000711. The Bertz CT molecular complexity index is 933. The zero-order chi connectivity index (χ0) is 38.9. The summed E-state index contributed by atoms with van der Waals surface area (Å²) in [7, 11) is -1.00. The number of carbonyl (C=O) groups is 7. The molecule has 0 heterocycles. The first-order chi connectivity index (χ1) is 22.1. The van der Waals surface area contributed by atoms with E-state index in [0.29, 0.717) is 13.1 Å². The number of carboxylic acids is 1. The van der Waals surface area contributed by atoms with Crippen LogP contribution in [0.15, 0.2) is 0 Å². The number of esters is 3. The Morgan fingerprint density at radius 3 is 1.29 bits per heavy atom. The van der Waals surface area contributed by atoms with Crippen LogP contribution in [0.1, 0.15) is 96.3 Å². The number of likely N-dealkylation sites (N-methyl/N-ethyl adjacent to an activating group) is 1. The maximum Gasteiger partial charge on any atom is 1.00 e. The molecule has 0 fully saturated rings. The number of hydrogen-bond acceptors (Lipinski definition) is 12. The van der Waals surface area contributed by atoms with Gasteiger partial charge in [-0.05, 0) is 69.2 Å². The molecule has 286 valence electrons. The summed E-state index contributed by atoms with van der Waals surface area (Å²) in [5.41, 5.74) is -1.10. The normalized spacial score (nSPS) is 9.24. The first-order valence-corrected chi connectivity index (χ1v) is 15.1. The number of hydrogen-bond donors (Lipinski definition) is 1. The molecule has 0 aromatic rings. The number of nitrogens with zero attached hydrogens (tertiary/aromatic N) is 2. The number of aliphatic carboxylic acids is 1. The molecule has 15 nitrogen and oxygen atoms in total. The first kappa shape index (κ1) is 71.0. The molecule has 0 aliphatic carbocycles. The summed E-state index contributed by atoms with van der Waals surface area (Å²) in [5, 5.41) is 16.7. The van der Waals surface area contributed by atoms with E-state index >= 15 is 0 Å². The summed E-state index contributed by atoms with van der Waals surface area (Å²) in [4.78, 5) is 80.6. The monoisotopic (exact) mass is 1120 g/mol. The van der Waals surface area contributed by atoms with Gasteiger partial charge in [-0.2, -0.15) is 0 Å². The van der Waals surface area contributed by atoms with E-state index in [0.717, 1.165) is 13.1 Å². The van der Waals surface area contributed by atoms with Crippen molar-refractivity contribution < 1.29 is 260 Å². The minimum Gasteiger partial charge on any atom is -1.00 e. The predicted octanol–water partition coefficient (Wildman–Crippen LogP) is -9.16. The van der Waals surface area contributed by atoms with Crippen molar-refractivity contribution in [2.24, 2.45) is 0 Å². The molecule has 0 aromatic carbocycles. The second-order valence-electron chi connectivity index (χ2n) is 10.7. The van der Waals surface area contributed by atoms with Crippen LogP contribution >= 0.6 is 11.6 Å². The summed E-state index contributed by atoms with van der Waals surface area (Å²) in [6.07, 6.45) is -0.364. The van der Waals surface area contributed by atoms with Gasteiger partial charge in [-0.15, -0.1) is 11.6 Å². The molecule has 0 aliphatic rings. The third-order valence-electron chi connectivity index (χ3n) is 4.66. The number of amides is 2. The number of carbonyl (C=O) groups excluding carboxylic acids is 6. The summed E-state index contributed by atoms with van der Waals surface area (Å²) >= 11 is 5.31. The Hall–Kier alpha value is 2.30. The summed E-state index contributed by atoms with van der Waals surface area (Å²) in [6.45, 7) is 20.3. The van der Waals surface area contributed by atoms with E-state index < -0.39 is 42.2 Å². The molecule has 2 amide bonds. The largest absolute Gasteiger partial charge is 1.00 e. The fraction of sp³-hybridized carbons (Fsp3) is 0.767. The van der Waals surface area contributed by atoms with Crippen LogP contribution in [0.3, 0.4) is 0 Å². The number of ether oxygens (including phenoxy) is 3. The molecule has 0 bridgehead atoms. The van der Waals surface area contributed by atoms with Crippen LogP contribution in [-0.2, 0) is 52.7 Å². The standard InChI is InChI=1S/C14H25NO5.C8H14O4.C6H12ClNO.CH3F.CH2O3.2Cs.HI.Na/c1-6-15(7-2)11(16)10-19-12(17)8-9-13(18)20-14(3,4)5;1-8(2,3)12-7(11)5-4-6(9)10;1-3-8(4-2)6(9)5-7;1-2;2-1-4-3;;;;/h6-10H2,1-5H3;4-5H2,1-3H3,(H,9,10);3-5H2,1-2H3;1H3;1,3H;;;1H;/q;;;;;2*+1;;+1/p-2/i;;;1D;;;;;. The zero-order valence-corrected chi connectivity index (χ0v) is 50.2. The molecule has 0 atom stereocenters. The molecule has 0 saturated heterocycles. The van der Waals surface area contributed by atoms with Gasteiger partial charge in [-0.25, -0.2) is 0 Å². The molecule has 0 radical (unpaired) electrons. The van der Waals surface area contributed by atoms with E-state index in [4.69, 9.17) is 42.3 Å². The van der Waals surface area contributed by atoms with Gasteiger partial charge in [0.2, 0.25) is 5.91 Å². The number of alkyl halides is 2. The van der Waals surface area contributed by atoms with Crippen LogP contribution < -0.4 is 197 Å². The fourth-order valence-electron chi connectivity index (χ4n) is 2.74. The summed E-state index contributed by atoms with van der Waals surface area (Å²) < 4.78 is 30.3. The van der Waals surface area contributed by atoms with Crippen molar-refractivity contribution in [3.63, 3.8) is 0 Å². The van der Waals surface area contributed by atoms with Crippen molar-refractivity contribution >= 4 is 53.8 Å². The van der Waals surface area contributed by atoms with Gasteiger partial charge < -0.3 is 63.2 Å². The fourth-order valence-corrected chi connectivity index (χ4v) is 2.91. The molecule has 1 N–H and O–H groups in total. The van der Waals surface area contributed by atoms with Crippen LogP contribution in [0.2, 0.25) is 0 Å². The van der Waals surface area contributed by atoms with Gasteiger partial charge in [0.1, 0.15) is 17.1 Å². The van der Waals surface area contributed by atoms with Gasteiger partial charge in [-0.3, -0.25) is 38.0 Å². The van der Waals surface area contributed by atoms with E-state index in [9.17, 15) is 33.2 Å². The van der Waals surface area contributed by atoms with Gasteiger partial charge in [0, 0.05) is 26.2 Å². The maximum atomic E-state index is 11.6. The first-order valence-electron chi connectivity index (χ1n) is 15.3. The number of halogens is 3. The third-order valence-corrected chi connectivity index (χ3v) is 4.89. The molecule has 0 unspecified atom stereocenters. The van der Waals surface area contributed by atoms with Gasteiger partial charge >= 0.3 is 191 Å². The van der Waals surface area contributed by atoms with Crippen molar-refractivity contribution in [2.45, 2.75) is 106 Å². The maximum absolute atomic E-state index is 11.6. The SMILES string of the molecule is CC(C)(C)OC(=O)CCC(=O)O.CCN(CC)C(=O)CCl.CCN(CC)C(=O)COC(=O)CCC(=O)OC(C)(C)C.O=CO[O-].[2H]CF.[Cs+].[Cs+].[I-].[Na+]. The van der Waals surface area contributed by atoms with Crippen molar-refractivity contribution in [2.75, 3.05) is 45.8 Å². The van der Waals surface area contributed by atoms with Crippen molar-refractivity contribution in [1.29, 1.82) is 0 Å². The average molecular weight is 1120 g/mol. The summed E-state index contributed by atoms with van der Waals surface area (Å²) in [6, 6.07) is 0. The molecular formula is C30H55ClCs2FIN2NaO13+. The van der Waals surface area contributed by atoms with Crippen LogP contribution in [-0.4, -0.2) is 114 Å². The van der Waals surface area contributed by atoms with Crippen LogP contribution in [0.5, 0.6) is 0 Å². The Kier molecular flexibility index (Phi) is 67.5. The molecule has 0 spiro atoms. The van der Waals surface area contributed by atoms with Gasteiger partial charge in [0.05, 0.1) is 34.2 Å². The Morgan fingerprint density at radius 2 is 1.06 bits per heavy atom. The van der Waals surface area contributed by atoms with E-state index in [-0.39, 0.29) is 248 Å². The van der Waals surface area contributed by atoms with Gasteiger partial charge in [-0.1, -0.05) is 0 Å². The molecule has 21 heteroatoms. The second kappa shape index (κ2) is 48.5. The molecule has 0 aromatic heterocycles. The predicted molar refractivity (Wildman–Crippen MR) is 170 cm³/mol. The Labute approximate surface area is 466 Å². The molecule has 0 aliphatic heterocycles. The van der Waals surface area contributed by atoms with E-state index in [1.165, 1.54) is 0 Å². The van der Waals surface area contributed by atoms with Crippen LogP contribution in [0, 0.1) is 0 Å². The second-order valence-corrected chi connectivity index (χ2v) is 11.0. The Morgan fingerprint density at radius 1 is 0.765 bits per heavy atom. The quantitative estimate of drug-likeness (QED) is 0.0251. The smallest absolute Gasteiger partial charge is 1.00 e. The number of rotatable bonds is 14. The van der Waals surface area contributed by atoms with Crippen molar-refractivity contribution in [3.8, 4) is 0 Å². The van der Waals surface area contributed by atoms with E-state index in [2.05, 4.69) is 4.89 Å². The number of carboxylic acid groups (broad SMARTS) is 1. The minimum atomic E-state index is -1.00.